The summed E-state index contributed by atoms with van der Waals surface area (Å²) in [5, 5.41) is 0. The predicted molar refractivity (Wildman–Crippen MR) is 22.1 cm³/mol. The third-order valence-electron chi connectivity index (χ3n) is 1.21. The smallest absolute Gasteiger partial charge is 0.242 e. The van der Waals surface area contributed by atoms with Gasteiger partial charge in [0.1, 0.15) is 0 Å². The Morgan fingerprint density at radius 3 is 2.00 bits per heavy atom. The molecule has 0 unspecified atom stereocenters. The van der Waals surface area contributed by atoms with E-state index in [-0.39, 0.29) is 6.04 Å². The van der Waals surface area contributed by atoms with E-state index >= 15 is 0 Å². The highest BCUT2D eigenvalue weighted by molar-refractivity contribution is 4.91. The van der Waals surface area contributed by atoms with E-state index in [1.807, 2.05) is 0 Å². The van der Waals surface area contributed by atoms with Gasteiger partial charge in [0.2, 0.25) is 6.43 Å². The van der Waals surface area contributed by atoms with Crippen LogP contribution in [-0.4, -0.2) is 12.5 Å². The zero-order valence-electron chi connectivity index (χ0n) is 3.77. The Balaban J connectivity index is 2.20. The fourth-order valence-electron chi connectivity index (χ4n) is 0.525. The molecule has 2 N–H and O–H groups in total. The Bertz CT molecular complexity index is 74.1. The normalized spacial score (nSPS) is 39.4. The molecular formula is C4H7F2N. The van der Waals surface area contributed by atoms with E-state index in [0.29, 0.717) is 6.42 Å². The van der Waals surface area contributed by atoms with Crippen LogP contribution >= 0.6 is 0 Å². The lowest BCUT2D eigenvalue weighted by Crippen LogP contribution is -2.06. The Morgan fingerprint density at radius 1 is 1.57 bits per heavy atom. The van der Waals surface area contributed by atoms with Crippen molar-refractivity contribution in [2.45, 2.75) is 18.9 Å². The first-order chi connectivity index (χ1) is 3.22. The van der Waals surface area contributed by atoms with Crippen molar-refractivity contribution >= 4 is 0 Å². The van der Waals surface area contributed by atoms with E-state index in [2.05, 4.69) is 0 Å². The summed E-state index contributed by atoms with van der Waals surface area (Å²) in [6.45, 7) is 0. The van der Waals surface area contributed by atoms with Gasteiger partial charge in [0.25, 0.3) is 0 Å². The predicted octanol–water partition coefficient (Wildman–Crippen LogP) is 0.599. The third kappa shape index (κ3) is 0.881. The standard InChI is InChI=1S/C4H7F2N/c5-4(6)2-1-3(2)7/h2-4H,1,7H2/t2-,3+/m1/s1. The molecule has 1 fully saturated rings. The Labute approximate surface area is 40.5 Å². The van der Waals surface area contributed by atoms with Crippen molar-refractivity contribution in [3.8, 4) is 0 Å². The van der Waals surface area contributed by atoms with Gasteiger partial charge in [-0.05, 0) is 6.42 Å². The molecule has 0 spiro atoms. The van der Waals surface area contributed by atoms with E-state index in [0.717, 1.165) is 0 Å². The highest BCUT2D eigenvalue weighted by atomic mass is 19.3. The first-order valence-corrected chi connectivity index (χ1v) is 2.25. The molecule has 1 nitrogen and oxygen atoms in total. The van der Waals surface area contributed by atoms with Crippen LogP contribution in [0.5, 0.6) is 0 Å². The number of alkyl halides is 2. The maximum Gasteiger partial charge on any atom is 0.242 e. The molecule has 0 aromatic heterocycles. The third-order valence-corrected chi connectivity index (χ3v) is 1.21. The number of hydrogen-bond donors (Lipinski definition) is 1. The Kier molecular flexibility index (Phi) is 0.995. The number of nitrogens with two attached hydrogens (primary N) is 1. The first kappa shape index (κ1) is 4.97. The quantitative estimate of drug-likeness (QED) is 0.521. The van der Waals surface area contributed by atoms with Crippen molar-refractivity contribution in [1.29, 1.82) is 0 Å². The van der Waals surface area contributed by atoms with Crippen molar-refractivity contribution in [3.05, 3.63) is 0 Å². The largest absolute Gasteiger partial charge is 0.327 e. The number of rotatable bonds is 1. The summed E-state index contributed by atoms with van der Waals surface area (Å²) in [6, 6.07) is -0.208. The van der Waals surface area contributed by atoms with Crippen LogP contribution in [-0.2, 0) is 0 Å². The fourth-order valence-corrected chi connectivity index (χ4v) is 0.525. The van der Waals surface area contributed by atoms with Crippen molar-refractivity contribution in [1.82, 2.24) is 0 Å². The molecule has 0 aromatic rings. The summed E-state index contributed by atoms with van der Waals surface area (Å²) < 4.78 is 22.8. The molecule has 0 saturated heterocycles. The summed E-state index contributed by atoms with van der Waals surface area (Å²) in [6.07, 6.45) is -1.67. The summed E-state index contributed by atoms with van der Waals surface area (Å²) in [5.74, 6) is -0.486. The maximum atomic E-state index is 11.4. The van der Waals surface area contributed by atoms with Crippen LogP contribution in [0.3, 0.4) is 0 Å². The SMILES string of the molecule is N[C@H]1C[C@H]1C(F)F. The second kappa shape index (κ2) is 1.40. The molecule has 7 heavy (non-hydrogen) atoms. The van der Waals surface area contributed by atoms with Crippen LogP contribution in [0.1, 0.15) is 6.42 Å². The average Bonchev–Trinajstić information content (AvgIpc) is 2.17. The topological polar surface area (TPSA) is 26.0 Å². The van der Waals surface area contributed by atoms with Crippen LogP contribution in [0.2, 0.25) is 0 Å². The average molecular weight is 107 g/mol. The molecule has 0 bridgehead atoms. The lowest BCUT2D eigenvalue weighted by atomic mass is 10.4. The van der Waals surface area contributed by atoms with E-state index in [9.17, 15) is 8.78 Å². The molecular weight excluding hydrogens is 100 g/mol. The highest BCUT2D eigenvalue weighted by Gasteiger charge is 2.40. The lowest BCUT2D eigenvalue weighted by molar-refractivity contribution is 0.121. The van der Waals surface area contributed by atoms with E-state index < -0.39 is 12.3 Å². The van der Waals surface area contributed by atoms with Crippen LogP contribution in [0.25, 0.3) is 0 Å². The molecule has 3 heteroatoms. The minimum absolute atomic E-state index is 0.208. The molecule has 1 saturated carbocycles. The molecule has 1 aliphatic rings. The molecule has 0 heterocycles. The van der Waals surface area contributed by atoms with Gasteiger partial charge in [0, 0.05) is 12.0 Å². The summed E-state index contributed by atoms with van der Waals surface area (Å²) >= 11 is 0. The molecule has 0 radical (unpaired) electrons. The number of hydrogen-bond acceptors (Lipinski definition) is 1. The van der Waals surface area contributed by atoms with Crippen LogP contribution < -0.4 is 5.73 Å². The summed E-state index contributed by atoms with van der Waals surface area (Å²) in [4.78, 5) is 0. The summed E-state index contributed by atoms with van der Waals surface area (Å²) in [5.41, 5.74) is 5.09. The van der Waals surface area contributed by atoms with Crippen molar-refractivity contribution in [2.24, 2.45) is 11.7 Å². The van der Waals surface area contributed by atoms with Gasteiger partial charge in [-0.15, -0.1) is 0 Å². The van der Waals surface area contributed by atoms with Gasteiger partial charge in [-0.3, -0.25) is 0 Å². The monoisotopic (exact) mass is 107 g/mol. The van der Waals surface area contributed by atoms with Crippen LogP contribution in [0.4, 0.5) is 8.78 Å². The lowest BCUT2D eigenvalue weighted by Gasteiger charge is -1.88. The Morgan fingerprint density at radius 2 is 2.00 bits per heavy atom. The molecule has 2 atom stereocenters. The second-order valence-corrected chi connectivity index (χ2v) is 1.90. The van der Waals surface area contributed by atoms with Crippen LogP contribution in [0.15, 0.2) is 0 Å². The highest BCUT2D eigenvalue weighted by Crippen LogP contribution is 2.33. The second-order valence-electron chi connectivity index (χ2n) is 1.90. The van der Waals surface area contributed by atoms with Gasteiger partial charge in [-0.2, -0.15) is 0 Å². The van der Waals surface area contributed by atoms with Crippen molar-refractivity contribution in [3.63, 3.8) is 0 Å². The van der Waals surface area contributed by atoms with Crippen molar-refractivity contribution in [2.75, 3.05) is 0 Å². The molecule has 42 valence electrons. The van der Waals surface area contributed by atoms with E-state index in [4.69, 9.17) is 5.73 Å². The zero-order valence-corrected chi connectivity index (χ0v) is 3.77. The number of halogens is 2. The fraction of sp³-hybridized carbons (Fsp3) is 1.00. The van der Waals surface area contributed by atoms with Gasteiger partial charge in [0.05, 0.1) is 0 Å². The molecule has 0 amide bonds. The molecule has 1 aliphatic carbocycles. The van der Waals surface area contributed by atoms with E-state index in [1.165, 1.54) is 0 Å². The zero-order chi connectivity index (χ0) is 5.44. The van der Waals surface area contributed by atoms with Gasteiger partial charge >= 0.3 is 0 Å². The molecule has 0 aromatic carbocycles. The van der Waals surface area contributed by atoms with E-state index in [1.54, 1.807) is 0 Å². The first-order valence-electron chi connectivity index (χ1n) is 2.25. The van der Waals surface area contributed by atoms with Gasteiger partial charge in [-0.1, -0.05) is 0 Å². The minimum Gasteiger partial charge on any atom is -0.327 e. The molecule has 1 rings (SSSR count). The van der Waals surface area contributed by atoms with Gasteiger partial charge in [-0.25, -0.2) is 8.78 Å². The maximum absolute atomic E-state index is 11.4. The van der Waals surface area contributed by atoms with Crippen molar-refractivity contribution < 1.29 is 8.78 Å². The van der Waals surface area contributed by atoms with Gasteiger partial charge in [0.15, 0.2) is 0 Å². The van der Waals surface area contributed by atoms with Crippen LogP contribution in [0, 0.1) is 5.92 Å². The molecule has 0 aliphatic heterocycles. The summed E-state index contributed by atoms with van der Waals surface area (Å²) in [7, 11) is 0. The Hall–Kier alpha value is -0.180. The minimum atomic E-state index is -2.19. The van der Waals surface area contributed by atoms with Gasteiger partial charge < -0.3 is 5.73 Å².